The molecular weight excluding hydrogens is 280 g/mol. The summed E-state index contributed by atoms with van der Waals surface area (Å²) in [5, 5.41) is 22.7. The molecule has 1 aliphatic heterocycles. The van der Waals surface area contributed by atoms with Crippen LogP contribution in [0.25, 0.3) is 0 Å². The van der Waals surface area contributed by atoms with Crippen molar-refractivity contribution in [1.29, 1.82) is 0 Å². The van der Waals surface area contributed by atoms with E-state index in [2.05, 4.69) is 10.2 Å². The number of aliphatic hydroxyl groups is 1. The number of methoxy groups -OCH3 is 1. The molecule has 0 bridgehead atoms. The predicted molar refractivity (Wildman–Crippen MR) is 80.8 cm³/mol. The number of aliphatic hydroxyl groups excluding tert-OH is 1. The van der Waals surface area contributed by atoms with Crippen LogP contribution in [0, 0.1) is 0 Å². The lowest BCUT2D eigenvalue weighted by molar-refractivity contribution is 0.139. The number of hydrogen-bond acceptors (Lipinski definition) is 5. The number of phenols is 1. The van der Waals surface area contributed by atoms with Crippen molar-refractivity contribution in [1.82, 2.24) is 10.2 Å². The highest BCUT2D eigenvalue weighted by Crippen LogP contribution is 2.34. The molecule has 0 amide bonds. The average molecular weight is 303 g/mol. The van der Waals surface area contributed by atoms with Gasteiger partial charge in [-0.3, -0.25) is 4.90 Å². The van der Waals surface area contributed by atoms with Crippen LogP contribution in [0.4, 0.5) is 0 Å². The third-order valence-corrected chi connectivity index (χ3v) is 3.59. The maximum atomic E-state index is 10.1. The van der Waals surface area contributed by atoms with Gasteiger partial charge in [-0.05, 0) is 24.6 Å². The van der Waals surface area contributed by atoms with E-state index in [4.69, 9.17) is 4.74 Å². The number of phenolic OH excluding ortho intramolecular Hbond substituents is 1. The zero-order valence-corrected chi connectivity index (χ0v) is 12.5. The number of hydrogen-bond donors (Lipinski definition) is 3. The fraction of sp³-hybridized carbons (Fsp3) is 0.571. The van der Waals surface area contributed by atoms with E-state index in [-0.39, 0.29) is 30.8 Å². The topological polar surface area (TPSA) is 65.0 Å². The van der Waals surface area contributed by atoms with Crippen molar-refractivity contribution in [2.24, 2.45) is 0 Å². The summed E-state index contributed by atoms with van der Waals surface area (Å²) in [4.78, 5) is 2.29. The Balaban J connectivity index is 0.00000200. The molecule has 0 aromatic heterocycles. The number of nitrogens with one attached hydrogen (secondary N) is 1. The highest BCUT2D eigenvalue weighted by atomic mass is 35.5. The van der Waals surface area contributed by atoms with Crippen molar-refractivity contribution in [3.05, 3.63) is 23.8 Å². The van der Waals surface area contributed by atoms with E-state index in [1.807, 2.05) is 6.07 Å². The van der Waals surface area contributed by atoms with Gasteiger partial charge in [-0.25, -0.2) is 0 Å². The highest BCUT2D eigenvalue weighted by molar-refractivity contribution is 5.85. The van der Waals surface area contributed by atoms with Crippen LogP contribution in [0.5, 0.6) is 11.5 Å². The fourth-order valence-electron chi connectivity index (χ4n) is 2.58. The van der Waals surface area contributed by atoms with Crippen LogP contribution in [-0.4, -0.2) is 55.0 Å². The van der Waals surface area contributed by atoms with E-state index in [1.54, 1.807) is 19.2 Å². The molecule has 20 heavy (non-hydrogen) atoms. The van der Waals surface area contributed by atoms with Crippen LogP contribution in [-0.2, 0) is 0 Å². The smallest absolute Gasteiger partial charge is 0.120 e. The third kappa shape index (κ3) is 3.99. The molecule has 1 saturated heterocycles. The van der Waals surface area contributed by atoms with Crippen LogP contribution < -0.4 is 10.1 Å². The maximum Gasteiger partial charge on any atom is 0.120 e. The summed E-state index contributed by atoms with van der Waals surface area (Å²) >= 11 is 0. The molecule has 0 unspecified atom stereocenters. The molecule has 0 spiro atoms. The van der Waals surface area contributed by atoms with E-state index in [1.165, 1.54) is 0 Å². The Bertz CT molecular complexity index is 411. The van der Waals surface area contributed by atoms with Gasteiger partial charge in [0.1, 0.15) is 11.5 Å². The summed E-state index contributed by atoms with van der Waals surface area (Å²) in [7, 11) is 1.61. The molecule has 0 radical (unpaired) electrons. The molecule has 5 nitrogen and oxygen atoms in total. The van der Waals surface area contributed by atoms with Gasteiger partial charge in [-0.1, -0.05) is 0 Å². The third-order valence-electron chi connectivity index (χ3n) is 3.59. The summed E-state index contributed by atoms with van der Waals surface area (Å²) in [6.45, 7) is 3.81. The maximum absolute atomic E-state index is 10.1. The van der Waals surface area contributed by atoms with Crippen LogP contribution in [0.15, 0.2) is 18.2 Å². The van der Waals surface area contributed by atoms with Gasteiger partial charge in [0, 0.05) is 44.4 Å². The van der Waals surface area contributed by atoms with Gasteiger partial charge >= 0.3 is 0 Å². The lowest BCUT2D eigenvalue weighted by Gasteiger charge is -2.35. The summed E-state index contributed by atoms with van der Waals surface area (Å²) in [5.41, 5.74) is 0.829. The first kappa shape index (κ1) is 17.0. The molecule has 2 rings (SSSR count). The van der Waals surface area contributed by atoms with Crippen molar-refractivity contribution in [3.63, 3.8) is 0 Å². The first-order valence-corrected chi connectivity index (χ1v) is 6.68. The Labute approximate surface area is 126 Å². The van der Waals surface area contributed by atoms with E-state index in [0.717, 1.165) is 37.5 Å². The summed E-state index contributed by atoms with van der Waals surface area (Å²) in [6.07, 6.45) is 0.612. The Morgan fingerprint density at radius 2 is 2.05 bits per heavy atom. The number of benzene rings is 1. The number of nitrogens with zero attached hydrogens (tertiary/aromatic N) is 1. The second-order valence-electron chi connectivity index (χ2n) is 4.74. The SMILES string of the molecule is COc1ccc(O)c([C@@H](CCO)N2CCNCC2)c1.Cl. The molecule has 1 aromatic rings. The summed E-state index contributed by atoms with van der Waals surface area (Å²) in [5.74, 6) is 0.989. The second-order valence-corrected chi connectivity index (χ2v) is 4.74. The molecule has 0 aliphatic carbocycles. The van der Waals surface area contributed by atoms with Crippen LogP contribution in [0.3, 0.4) is 0 Å². The van der Waals surface area contributed by atoms with Gasteiger partial charge in [0.15, 0.2) is 0 Å². The number of piperazine rings is 1. The van der Waals surface area contributed by atoms with Gasteiger partial charge in [0.05, 0.1) is 7.11 Å². The number of halogens is 1. The van der Waals surface area contributed by atoms with E-state index < -0.39 is 0 Å². The monoisotopic (exact) mass is 302 g/mol. The Hall–Kier alpha value is -1.01. The summed E-state index contributed by atoms with van der Waals surface area (Å²) in [6, 6.07) is 5.28. The minimum absolute atomic E-state index is 0. The van der Waals surface area contributed by atoms with E-state index >= 15 is 0 Å². The second kappa shape index (κ2) is 8.32. The zero-order valence-electron chi connectivity index (χ0n) is 11.7. The van der Waals surface area contributed by atoms with Crippen molar-refractivity contribution >= 4 is 12.4 Å². The molecule has 1 heterocycles. The van der Waals surface area contributed by atoms with Gasteiger partial charge in [-0.15, -0.1) is 12.4 Å². The van der Waals surface area contributed by atoms with Crippen molar-refractivity contribution < 1.29 is 14.9 Å². The fourth-order valence-corrected chi connectivity index (χ4v) is 2.58. The molecule has 1 aliphatic rings. The lowest BCUT2D eigenvalue weighted by Crippen LogP contribution is -2.45. The van der Waals surface area contributed by atoms with Gasteiger partial charge < -0.3 is 20.3 Å². The van der Waals surface area contributed by atoms with Crippen LogP contribution >= 0.6 is 12.4 Å². The molecule has 1 atom stereocenters. The number of aromatic hydroxyl groups is 1. The van der Waals surface area contributed by atoms with Crippen molar-refractivity contribution in [3.8, 4) is 11.5 Å². The first-order chi connectivity index (χ1) is 9.26. The van der Waals surface area contributed by atoms with Gasteiger partial charge in [0.2, 0.25) is 0 Å². The standard InChI is InChI=1S/C14H22N2O3.ClH/c1-19-11-2-3-14(18)12(10-11)13(4-9-17)16-7-5-15-6-8-16;/h2-3,10,13,15,17-18H,4-9H2,1H3;1H/t13-;/m1./s1. The minimum atomic E-state index is 0. The molecule has 3 N–H and O–H groups in total. The quantitative estimate of drug-likeness (QED) is 0.761. The normalized spacial score (nSPS) is 17.3. The van der Waals surface area contributed by atoms with Gasteiger partial charge in [-0.2, -0.15) is 0 Å². The summed E-state index contributed by atoms with van der Waals surface area (Å²) < 4.78 is 5.22. The first-order valence-electron chi connectivity index (χ1n) is 6.68. The highest BCUT2D eigenvalue weighted by Gasteiger charge is 2.24. The van der Waals surface area contributed by atoms with Crippen molar-refractivity contribution in [2.75, 3.05) is 39.9 Å². The Morgan fingerprint density at radius 1 is 1.35 bits per heavy atom. The van der Waals surface area contributed by atoms with Gasteiger partial charge in [0.25, 0.3) is 0 Å². The largest absolute Gasteiger partial charge is 0.508 e. The van der Waals surface area contributed by atoms with E-state index in [0.29, 0.717) is 6.42 Å². The lowest BCUT2D eigenvalue weighted by atomic mass is 10.00. The number of rotatable bonds is 5. The molecular formula is C14H23ClN2O3. The molecule has 6 heteroatoms. The van der Waals surface area contributed by atoms with E-state index in [9.17, 15) is 10.2 Å². The molecule has 114 valence electrons. The van der Waals surface area contributed by atoms with Crippen LogP contribution in [0.1, 0.15) is 18.0 Å². The van der Waals surface area contributed by atoms with Crippen LogP contribution in [0.2, 0.25) is 0 Å². The molecule has 1 aromatic carbocycles. The predicted octanol–water partition coefficient (Wildman–Crippen LogP) is 1.15. The molecule has 0 saturated carbocycles. The number of ether oxygens (including phenoxy) is 1. The Kier molecular flexibility index (Phi) is 7.09. The zero-order chi connectivity index (χ0) is 13.7. The molecule has 1 fully saturated rings. The van der Waals surface area contributed by atoms with Crippen molar-refractivity contribution in [2.45, 2.75) is 12.5 Å². The Morgan fingerprint density at radius 3 is 2.65 bits per heavy atom. The average Bonchev–Trinajstić information content (AvgIpc) is 2.47. The minimum Gasteiger partial charge on any atom is -0.508 e.